The van der Waals surface area contributed by atoms with Crippen molar-refractivity contribution < 1.29 is 23.7 Å². The van der Waals surface area contributed by atoms with E-state index < -0.39 is 0 Å². The third kappa shape index (κ3) is 4.07. The van der Waals surface area contributed by atoms with E-state index >= 15 is 0 Å². The van der Waals surface area contributed by atoms with Crippen LogP contribution in [0.3, 0.4) is 0 Å². The van der Waals surface area contributed by atoms with Crippen LogP contribution in [0.1, 0.15) is 36.0 Å². The van der Waals surface area contributed by atoms with Crippen molar-refractivity contribution in [3.05, 3.63) is 17.7 Å². The number of rotatable bonds is 6. The lowest BCUT2D eigenvalue weighted by Crippen LogP contribution is -2.38. The van der Waals surface area contributed by atoms with E-state index in [1.807, 2.05) is 0 Å². The molecule has 1 N–H and O–H groups in total. The second-order valence-electron chi connectivity index (χ2n) is 5.60. The maximum atomic E-state index is 12.5. The van der Waals surface area contributed by atoms with Crippen LogP contribution in [0.2, 0.25) is 0 Å². The van der Waals surface area contributed by atoms with Crippen LogP contribution in [0.5, 0.6) is 17.2 Å². The van der Waals surface area contributed by atoms with E-state index in [-0.39, 0.29) is 11.9 Å². The van der Waals surface area contributed by atoms with Crippen LogP contribution < -0.4 is 19.5 Å². The molecular weight excluding hydrogens is 298 g/mol. The van der Waals surface area contributed by atoms with Gasteiger partial charge in [0.15, 0.2) is 11.5 Å². The highest BCUT2D eigenvalue weighted by molar-refractivity contribution is 5.95. The van der Waals surface area contributed by atoms with Crippen molar-refractivity contribution in [3.63, 3.8) is 0 Å². The van der Waals surface area contributed by atoms with Crippen molar-refractivity contribution in [2.75, 3.05) is 28.4 Å². The molecule has 0 aromatic heterocycles. The molecule has 0 spiro atoms. The van der Waals surface area contributed by atoms with Gasteiger partial charge < -0.3 is 24.3 Å². The van der Waals surface area contributed by atoms with Gasteiger partial charge in [-0.25, -0.2) is 0 Å². The molecule has 1 aromatic rings. The third-order valence-corrected chi connectivity index (χ3v) is 4.27. The molecule has 0 bridgehead atoms. The predicted molar refractivity (Wildman–Crippen MR) is 86.6 cm³/mol. The fourth-order valence-electron chi connectivity index (χ4n) is 2.92. The molecule has 1 fully saturated rings. The predicted octanol–water partition coefficient (Wildman–Crippen LogP) is 2.40. The maximum Gasteiger partial charge on any atom is 0.251 e. The summed E-state index contributed by atoms with van der Waals surface area (Å²) < 4.78 is 21.2. The smallest absolute Gasteiger partial charge is 0.251 e. The van der Waals surface area contributed by atoms with Crippen LogP contribution in [0.4, 0.5) is 0 Å². The number of hydrogen-bond acceptors (Lipinski definition) is 5. The van der Waals surface area contributed by atoms with Crippen LogP contribution in [0.15, 0.2) is 12.1 Å². The SMILES string of the molecule is COc1cc(C(=O)NC2CCC(OC)CC2)cc(OC)c1OC. The number of nitrogens with one attached hydrogen (secondary N) is 1. The lowest BCUT2D eigenvalue weighted by molar-refractivity contribution is 0.0599. The summed E-state index contributed by atoms with van der Waals surface area (Å²) in [7, 11) is 6.34. The Morgan fingerprint density at radius 2 is 1.52 bits per heavy atom. The number of hydrogen-bond donors (Lipinski definition) is 1. The summed E-state index contributed by atoms with van der Waals surface area (Å²) in [5, 5.41) is 3.07. The van der Waals surface area contributed by atoms with E-state index in [1.165, 1.54) is 21.3 Å². The fourth-order valence-corrected chi connectivity index (χ4v) is 2.92. The van der Waals surface area contributed by atoms with E-state index in [0.717, 1.165) is 25.7 Å². The van der Waals surface area contributed by atoms with Gasteiger partial charge in [-0.05, 0) is 37.8 Å². The minimum Gasteiger partial charge on any atom is -0.493 e. The van der Waals surface area contributed by atoms with E-state index in [2.05, 4.69) is 5.32 Å². The molecule has 0 radical (unpaired) electrons. The van der Waals surface area contributed by atoms with Crippen molar-refractivity contribution in [2.24, 2.45) is 0 Å². The van der Waals surface area contributed by atoms with E-state index in [1.54, 1.807) is 19.2 Å². The van der Waals surface area contributed by atoms with Gasteiger partial charge in [0.05, 0.1) is 27.4 Å². The van der Waals surface area contributed by atoms with Crippen LogP contribution in [0.25, 0.3) is 0 Å². The second-order valence-corrected chi connectivity index (χ2v) is 5.60. The molecule has 1 saturated carbocycles. The van der Waals surface area contributed by atoms with Crippen molar-refractivity contribution in [1.82, 2.24) is 5.32 Å². The summed E-state index contributed by atoms with van der Waals surface area (Å²) in [4.78, 5) is 12.5. The normalized spacial score (nSPS) is 20.7. The Balaban J connectivity index is 2.10. The molecule has 0 unspecified atom stereocenters. The quantitative estimate of drug-likeness (QED) is 0.871. The molecule has 0 atom stereocenters. The molecule has 128 valence electrons. The van der Waals surface area contributed by atoms with Gasteiger partial charge >= 0.3 is 0 Å². The molecule has 1 amide bonds. The summed E-state index contributed by atoms with van der Waals surface area (Å²) in [6.45, 7) is 0. The molecule has 0 aliphatic heterocycles. The first-order valence-electron chi connectivity index (χ1n) is 7.76. The van der Waals surface area contributed by atoms with Gasteiger partial charge in [0.1, 0.15) is 0 Å². The van der Waals surface area contributed by atoms with Crippen molar-refractivity contribution in [2.45, 2.75) is 37.8 Å². The Bertz CT molecular complexity index is 513. The summed E-state index contributed by atoms with van der Waals surface area (Å²) >= 11 is 0. The lowest BCUT2D eigenvalue weighted by Gasteiger charge is -2.28. The molecule has 23 heavy (non-hydrogen) atoms. The summed E-state index contributed by atoms with van der Waals surface area (Å²) in [5.41, 5.74) is 0.494. The van der Waals surface area contributed by atoms with Gasteiger partial charge in [0, 0.05) is 18.7 Å². The monoisotopic (exact) mass is 323 g/mol. The third-order valence-electron chi connectivity index (χ3n) is 4.27. The molecular formula is C17H25NO5. The van der Waals surface area contributed by atoms with Gasteiger partial charge in [0.2, 0.25) is 5.75 Å². The van der Waals surface area contributed by atoms with E-state index in [4.69, 9.17) is 18.9 Å². The first-order chi connectivity index (χ1) is 11.1. The highest BCUT2D eigenvalue weighted by Gasteiger charge is 2.23. The molecule has 1 aliphatic carbocycles. The van der Waals surface area contributed by atoms with Gasteiger partial charge in [-0.1, -0.05) is 0 Å². The molecule has 6 heteroatoms. The number of carbonyl (C=O) groups is 1. The zero-order valence-electron chi connectivity index (χ0n) is 14.2. The second kappa shape index (κ2) is 8.06. The molecule has 1 aliphatic rings. The van der Waals surface area contributed by atoms with E-state index in [9.17, 15) is 4.79 Å². The Morgan fingerprint density at radius 3 is 1.96 bits per heavy atom. The van der Waals surface area contributed by atoms with Crippen LogP contribution in [0, 0.1) is 0 Å². The summed E-state index contributed by atoms with van der Waals surface area (Å²) in [5.74, 6) is 1.29. The number of benzene rings is 1. The Labute approximate surface area is 137 Å². The van der Waals surface area contributed by atoms with E-state index in [0.29, 0.717) is 28.9 Å². The standard InChI is InChI=1S/C17H25NO5/c1-20-13-7-5-12(6-8-13)18-17(19)11-9-14(21-2)16(23-4)15(10-11)22-3/h9-10,12-13H,5-8H2,1-4H3,(H,18,19). The first kappa shape index (κ1) is 17.4. The minimum absolute atomic E-state index is 0.134. The van der Waals surface area contributed by atoms with Crippen LogP contribution in [-0.2, 0) is 4.74 Å². The average Bonchev–Trinajstić information content (AvgIpc) is 2.60. The largest absolute Gasteiger partial charge is 0.493 e. The Hall–Kier alpha value is -1.95. The topological polar surface area (TPSA) is 66.0 Å². The van der Waals surface area contributed by atoms with Gasteiger partial charge in [-0.2, -0.15) is 0 Å². The van der Waals surface area contributed by atoms with Crippen molar-refractivity contribution >= 4 is 5.91 Å². The number of methoxy groups -OCH3 is 4. The minimum atomic E-state index is -0.134. The fraction of sp³-hybridized carbons (Fsp3) is 0.588. The summed E-state index contributed by atoms with van der Waals surface area (Å²) in [6.07, 6.45) is 4.10. The molecule has 1 aromatic carbocycles. The number of ether oxygens (including phenoxy) is 4. The van der Waals surface area contributed by atoms with Gasteiger partial charge in [-0.3, -0.25) is 4.79 Å². The first-order valence-corrected chi connectivity index (χ1v) is 7.76. The van der Waals surface area contributed by atoms with Gasteiger partial charge in [0.25, 0.3) is 5.91 Å². The summed E-state index contributed by atoms with van der Waals surface area (Å²) in [6, 6.07) is 3.50. The highest BCUT2D eigenvalue weighted by Crippen LogP contribution is 2.38. The molecule has 2 rings (SSSR count). The van der Waals surface area contributed by atoms with Crippen molar-refractivity contribution in [1.29, 1.82) is 0 Å². The molecule has 0 heterocycles. The van der Waals surface area contributed by atoms with Crippen LogP contribution >= 0.6 is 0 Å². The average molecular weight is 323 g/mol. The zero-order chi connectivity index (χ0) is 16.8. The molecule has 6 nitrogen and oxygen atoms in total. The molecule has 0 saturated heterocycles. The van der Waals surface area contributed by atoms with Crippen molar-refractivity contribution in [3.8, 4) is 17.2 Å². The number of carbonyl (C=O) groups excluding carboxylic acids is 1. The Morgan fingerprint density at radius 1 is 0.957 bits per heavy atom. The lowest BCUT2D eigenvalue weighted by atomic mass is 9.93. The zero-order valence-corrected chi connectivity index (χ0v) is 14.2. The highest BCUT2D eigenvalue weighted by atomic mass is 16.5. The van der Waals surface area contributed by atoms with Crippen LogP contribution in [-0.4, -0.2) is 46.5 Å². The maximum absolute atomic E-state index is 12.5. The Kier molecular flexibility index (Phi) is 6.10. The number of amides is 1. The van der Waals surface area contributed by atoms with Gasteiger partial charge in [-0.15, -0.1) is 0 Å².